The fourth-order valence-electron chi connectivity index (χ4n) is 1.87. The molecule has 6 heteroatoms. The van der Waals surface area contributed by atoms with Crippen LogP contribution >= 0.6 is 27.5 Å². The van der Waals surface area contributed by atoms with E-state index in [1.165, 1.54) is 6.07 Å². The highest BCUT2D eigenvalue weighted by Gasteiger charge is 2.15. The molecule has 0 aliphatic rings. The summed E-state index contributed by atoms with van der Waals surface area (Å²) in [6, 6.07) is 10.1. The van der Waals surface area contributed by atoms with Crippen molar-refractivity contribution < 1.29 is 14.3 Å². The molecule has 0 fully saturated rings. The van der Waals surface area contributed by atoms with Crippen LogP contribution in [0.25, 0.3) is 22.6 Å². The van der Waals surface area contributed by atoms with Gasteiger partial charge in [0.1, 0.15) is 11.1 Å². The number of oxazole rings is 1. The molecule has 0 saturated heterocycles. The Kier molecular flexibility index (Phi) is 3.23. The van der Waals surface area contributed by atoms with Gasteiger partial charge in [0.2, 0.25) is 5.89 Å². The average molecular weight is 353 g/mol. The number of carboxylic acid groups (broad SMARTS) is 1. The molecular weight excluding hydrogens is 346 g/mol. The molecule has 0 saturated carbocycles. The summed E-state index contributed by atoms with van der Waals surface area (Å²) >= 11 is 9.27. The number of hydrogen-bond donors (Lipinski definition) is 1. The minimum atomic E-state index is -1.05. The topological polar surface area (TPSA) is 63.3 Å². The molecule has 3 rings (SSSR count). The van der Waals surface area contributed by atoms with Crippen LogP contribution in [-0.4, -0.2) is 16.1 Å². The lowest BCUT2D eigenvalue weighted by Crippen LogP contribution is -1.95. The summed E-state index contributed by atoms with van der Waals surface area (Å²) in [6.45, 7) is 0. The summed E-state index contributed by atoms with van der Waals surface area (Å²) in [7, 11) is 0. The zero-order valence-corrected chi connectivity index (χ0v) is 12.3. The number of aromatic carboxylic acids is 1. The summed E-state index contributed by atoms with van der Waals surface area (Å²) in [5.74, 6) is -0.693. The van der Waals surface area contributed by atoms with Gasteiger partial charge in [-0.25, -0.2) is 9.78 Å². The third-order valence-electron chi connectivity index (χ3n) is 2.81. The van der Waals surface area contributed by atoms with Crippen LogP contribution < -0.4 is 0 Å². The summed E-state index contributed by atoms with van der Waals surface area (Å²) in [4.78, 5) is 15.4. The first kappa shape index (κ1) is 13.1. The lowest BCUT2D eigenvalue weighted by Gasteiger charge is -1.98. The van der Waals surface area contributed by atoms with Gasteiger partial charge in [-0.05, 0) is 46.3 Å². The van der Waals surface area contributed by atoms with Crippen molar-refractivity contribution in [2.24, 2.45) is 0 Å². The Hall–Kier alpha value is -1.85. The van der Waals surface area contributed by atoms with E-state index in [0.29, 0.717) is 22.0 Å². The first-order valence-electron chi connectivity index (χ1n) is 5.64. The molecule has 0 bridgehead atoms. The van der Waals surface area contributed by atoms with Gasteiger partial charge in [-0.3, -0.25) is 0 Å². The quantitative estimate of drug-likeness (QED) is 0.731. The van der Waals surface area contributed by atoms with Gasteiger partial charge in [0.05, 0.1) is 5.02 Å². The van der Waals surface area contributed by atoms with Crippen molar-refractivity contribution in [3.63, 3.8) is 0 Å². The molecule has 0 atom stereocenters. The number of para-hydroxylation sites is 1. The van der Waals surface area contributed by atoms with Crippen LogP contribution in [0.2, 0.25) is 5.02 Å². The predicted octanol–water partition coefficient (Wildman–Crippen LogP) is 4.61. The number of halogens is 2. The largest absolute Gasteiger partial charge is 0.478 e. The Morgan fingerprint density at radius 1 is 1.30 bits per heavy atom. The van der Waals surface area contributed by atoms with Gasteiger partial charge in [0, 0.05) is 10.0 Å². The molecule has 1 aromatic heterocycles. The van der Waals surface area contributed by atoms with Crippen LogP contribution in [0, 0.1) is 0 Å². The van der Waals surface area contributed by atoms with E-state index in [4.69, 9.17) is 21.1 Å². The molecule has 0 amide bonds. The fourth-order valence-corrected chi connectivity index (χ4v) is 2.37. The van der Waals surface area contributed by atoms with Crippen molar-refractivity contribution in [3.8, 4) is 11.5 Å². The fraction of sp³-hybridized carbons (Fsp3) is 0. The van der Waals surface area contributed by atoms with E-state index in [-0.39, 0.29) is 11.1 Å². The standard InChI is InChI=1S/C14H7BrClNO3/c15-9-6-7(4-5-10(9)16)13-17-11-3-1-2-8(14(18)19)12(11)20-13/h1-6H,(H,18,19). The minimum absolute atomic E-state index is 0.0919. The molecule has 0 radical (unpaired) electrons. The molecular formula is C14H7BrClNO3. The summed E-state index contributed by atoms with van der Waals surface area (Å²) in [5, 5.41) is 9.71. The monoisotopic (exact) mass is 351 g/mol. The van der Waals surface area contributed by atoms with Crippen LogP contribution in [-0.2, 0) is 0 Å². The van der Waals surface area contributed by atoms with Crippen molar-refractivity contribution in [1.82, 2.24) is 4.98 Å². The SMILES string of the molecule is O=C(O)c1cccc2nc(-c3ccc(Cl)c(Br)c3)oc12. The van der Waals surface area contributed by atoms with Crippen molar-refractivity contribution in [2.45, 2.75) is 0 Å². The van der Waals surface area contributed by atoms with Crippen molar-refractivity contribution >= 4 is 44.6 Å². The molecule has 0 spiro atoms. The number of aromatic nitrogens is 1. The van der Waals surface area contributed by atoms with Gasteiger partial charge < -0.3 is 9.52 Å². The van der Waals surface area contributed by atoms with Crippen LogP contribution in [0.1, 0.15) is 10.4 Å². The number of carboxylic acids is 1. The van der Waals surface area contributed by atoms with Crippen molar-refractivity contribution in [3.05, 3.63) is 51.5 Å². The molecule has 3 aromatic rings. The lowest BCUT2D eigenvalue weighted by molar-refractivity contribution is 0.0698. The summed E-state index contributed by atoms with van der Waals surface area (Å²) < 4.78 is 6.31. The molecule has 0 aliphatic carbocycles. The number of carbonyl (C=O) groups is 1. The maximum atomic E-state index is 11.1. The van der Waals surface area contributed by atoms with Crippen molar-refractivity contribution in [1.29, 1.82) is 0 Å². The molecule has 0 aliphatic heterocycles. The summed E-state index contributed by atoms with van der Waals surface area (Å²) in [6.07, 6.45) is 0. The van der Waals surface area contributed by atoms with E-state index in [1.807, 2.05) is 0 Å². The first-order valence-corrected chi connectivity index (χ1v) is 6.81. The zero-order chi connectivity index (χ0) is 14.3. The van der Waals surface area contributed by atoms with Gasteiger partial charge in [0.25, 0.3) is 0 Å². The van der Waals surface area contributed by atoms with E-state index >= 15 is 0 Å². The summed E-state index contributed by atoms with van der Waals surface area (Å²) in [5.41, 5.74) is 1.58. The van der Waals surface area contributed by atoms with Crippen molar-refractivity contribution in [2.75, 3.05) is 0 Å². The third kappa shape index (κ3) is 2.19. The Morgan fingerprint density at radius 3 is 2.80 bits per heavy atom. The second-order valence-corrected chi connectivity index (χ2v) is 5.37. The van der Waals surface area contributed by atoms with Gasteiger partial charge in [-0.15, -0.1) is 0 Å². The zero-order valence-electron chi connectivity index (χ0n) is 9.93. The van der Waals surface area contributed by atoms with Crippen LogP contribution in [0.4, 0.5) is 0 Å². The second-order valence-electron chi connectivity index (χ2n) is 4.11. The van der Waals surface area contributed by atoms with Crippen LogP contribution in [0.15, 0.2) is 45.3 Å². The first-order chi connectivity index (χ1) is 9.56. The third-order valence-corrected chi connectivity index (χ3v) is 4.03. The Bertz CT molecular complexity index is 828. The normalized spacial score (nSPS) is 10.9. The molecule has 100 valence electrons. The molecule has 1 heterocycles. The average Bonchev–Trinajstić information content (AvgIpc) is 2.85. The highest BCUT2D eigenvalue weighted by atomic mass is 79.9. The van der Waals surface area contributed by atoms with E-state index in [0.717, 1.165) is 4.47 Å². The lowest BCUT2D eigenvalue weighted by atomic mass is 10.2. The van der Waals surface area contributed by atoms with Gasteiger partial charge in [0.15, 0.2) is 5.58 Å². The molecule has 0 unspecified atom stereocenters. The smallest absolute Gasteiger partial charge is 0.339 e. The van der Waals surface area contributed by atoms with Crippen LogP contribution in [0.5, 0.6) is 0 Å². The van der Waals surface area contributed by atoms with Gasteiger partial charge in [-0.2, -0.15) is 0 Å². The van der Waals surface area contributed by atoms with Crippen LogP contribution in [0.3, 0.4) is 0 Å². The molecule has 4 nitrogen and oxygen atoms in total. The highest BCUT2D eigenvalue weighted by Crippen LogP contribution is 2.31. The van der Waals surface area contributed by atoms with Gasteiger partial charge >= 0.3 is 5.97 Å². The maximum absolute atomic E-state index is 11.1. The van der Waals surface area contributed by atoms with E-state index in [2.05, 4.69) is 20.9 Å². The number of fused-ring (bicyclic) bond motifs is 1. The molecule has 2 aromatic carbocycles. The Balaban J connectivity index is 2.20. The van der Waals surface area contributed by atoms with E-state index in [1.54, 1.807) is 30.3 Å². The second kappa shape index (κ2) is 4.92. The Labute approximate surface area is 127 Å². The number of hydrogen-bond acceptors (Lipinski definition) is 3. The Morgan fingerprint density at radius 2 is 2.10 bits per heavy atom. The predicted molar refractivity (Wildman–Crippen MR) is 79.1 cm³/mol. The minimum Gasteiger partial charge on any atom is -0.478 e. The molecule has 20 heavy (non-hydrogen) atoms. The number of benzene rings is 2. The number of nitrogens with zero attached hydrogens (tertiary/aromatic N) is 1. The van der Waals surface area contributed by atoms with Gasteiger partial charge in [-0.1, -0.05) is 17.7 Å². The molecule has 1 N–H and O–H groups in total. The number of rotatable bonds is 2. The van der Waals surface area contributed by atoms with E-state index < -0.39 is 5.97 Å². The maximum Gasteiger partial charge on any atom is 0.339 e. The highest BCUT2D eigenvalue weighted by molar-refractivity contribution is 9.10. The van der Waals surface area contributed by atoms with E-state index in [9.17, 15) is 4.79 Å².